The molecular formula is C18H17ClN4OS. The molecule has 3 rings (SSSR count). The fraction of sp³-hybridized carbons (Fsp3) is 0.111. The van der Waals surface area contributed by atoms with Gasteiger partial charge in [0.05, 0.1) is 19.3 Å². The molecule has 0 fully saturated rings. The SMILES string of the molecule is COc1ccccc1NC(=S)Nc1nn(Cc2ccccc2)cc1Cl. The van der Waals surface area contributed by atoms with Crippen LogP contribution in [0, 0.1) is 0 Å². The largest absolute Gasteiger partial charge is 0.495 e. The van der Waals surface area contributed by atoms with Gasteiger partial charge in [-0.25, -0.2) is 0 Å². The van der Waals surface area contributed by atoms with E-state index in [4.69, 9.17) is 28.6 Å². The first-order valence-electron chi connectivity index (χ1n) is 7.63. The minimum atomic E-state index is 0.386. The zero-order valence-corrected chi connectivity index (χ0v) is 15.1. The van der Waals surface area contributed by atoms with Crippen LogP contribution in [-0.4, -0.2) is 22.0 Å². The average Bonchev–Trinajstić information content (AvgIpc) is 2.95. The van der Waals surface area contributed by atoms with E-state index in [1.54, 1.807) is 18.0 Å². The van der Waals surface area contributed by atoms with Gasteiger partial charge in [0.25, 0.3) is 0 Å². The van der Waals surface area contributed by atoms with E-state index in [0.717, 1.165) is 11.3 Å². The van der Waals surface area contributed by atoms with Gasteiger partial charge in [-0.1, -0.05) is 54.1 Å². The number of methoxy groups -OCH3 is 1. The lowest BCUT2D eigenvalue weighted by atomic mass is 10.2. The molecule has 0 bridgehead atoms. The molecule has 0 unspecified atom stereocenters. The van der Waals surface area contributed by atoms with Crippen LogP contribution in [0.5, 0.6) is 5.75 Å². The van der Waals surface area contributed by atoms with Crippen molar-refractivity contribution in [2.45, 2.75) is 6.54 Å². The zero-order chi connectivity index (χ0) is 17.6. The quantitative estimate of drug-likeness (QED) is 0.650. The van der Waals surface area contributed by atoms with E-state index in [9.17, 15) is 0 Å². The summed E-state index contributed by atoms with van der Waals surface area (Å²) in [6.45, 7) is 0.634. The van der Waals surface area contributed by atoms with E-state index in [0.29, 0.717) is 28.2 Å². The molecule has 128 valence electrons. The maximum absolute atomic E-state index is 6.26. The number of nitrogens with zero attached hydrogens (tertiary/aromatic N) is 2. The molecule has 0 amide bonds. The number of hydrogen-bond donors (Lipinski definition) is 2. The van der Waals surface area contributed by atoms with Gasteiger partial charge >= 0.3 is 0 Å². The molecule has 0 saturated carbocycles. The minimum Gasteiger partial charge on any atom is -0.495 e. The van der Waals surface area contributed by atoms with E-state index >= 15 is 0 Å². The normalized spacial score (nSPS) is 10.3. The Morgan fingerprint density at radius 1 is 1.12 bits per heavy atom. The maximum atomic E-state index is 6.26. The van der Waals surface area contributed by atoms with Crippen molar-refractivity contribution in [3.63, 3.8) is 0 Å². The van der Waals surface area contributed by atoms with Crippen LogP contribution in [0.3, 0.4) is 0 Å². The zero-order valence-electron chi connectivity index (χ0n) is 13.6. The Hall–Kier alpha value is -2.57. The summed E-state index contributed by atoms with van der Waals surface area (Å²) < 4.78 is 7.06. The summed E-state index contributed by atoms with van der Waals surface area (Å²) in [5.41, 5.74) is 1.91. The Balaban J connectivity index is 1.67. The average molecular weight is 373 g/mol. The standard InChI is InChI=1S/C18H17ClN4OS/c1-24-16-10-6-5-9-15(16)20-18(25)21-17-14(19)12-23(22-17)11-13-7-3-2-4-8-13/h2-10,12H,11H2,1H3,(H2,20,21,22,25). The molecule has 5 nitrogen and oxygen atoms in total. The lowest BCUT2D eigenvalue weighted by Gasteiger charge is -2.12. The van der Waals surface area contributed by atoms with Crippen LogP contribution in [0.4, 0.5) is 11.5 Å². The van der Waals surface area contributed by atoms with Crippen molar-refractivity contribution in [1.82, 2.24) is 9.78 Å². The fourth-order valence-electron chi connectivity index (χ4n) is 2.34. The molecule has 0 spiro atoms. The summed E-state index contributed by atoms with van der Waals surface area (Å²) in [5, 5.41) is 11.4. The summed E-state index contributed by atoms with van der Waals surface area (Å²) in [7, 11) is 1.61. The molecule has 0 aliphatic rings. The van der Waals surface area contributed by atoms with Crippen LogP contribution in [0.15, 0.2) is 60.8 Å². The molecule has 0 radical (unpaired) electrons. The highest BCUT2D eigenvalue weighted by molar-refractivity contribution is 7.80. The second-order valence-electron chi connectivity index (χ2n) is 5.29. The Labute approximate surface area is 156 Å². The van der Waals surface area contributed by atoms with Crippen molar-refractivity contribution >= 4 is 40.4 Å². The highest BCUT2D eigenvalue weighted by Crippen LogP contribution is 2.24. The van der Waals surface area contributed by atoms with Crippen molar-refractivity contribution in [3.05, 3.63) is 71.4 Å². The van der Waals surface area contributed by atoms with Crippen molar-refractivity contribution in [3.8, 4) is 5.75 Å². The number of ether oxygens (including phenoxy) is 1. The van der Waals surface area contributed by atoms with Gasteiger partial charge in [-0.05, 0) is 29.9 Å². The van der Waals surface area contributed by atoms with E-state index < -0.39 is 0 Å². The van der Waals surface area contributed by atoms with Gasteiger partial charge in [0.15, 0.2) is 10.9 Å². The second kappa shape index (κ2) is 8.00. The van der Waals surface area contributed by atoms with Crippen LogP contribution in [-0.2, 0) is 6.54 Å². The number of nitrogens with one attached hydrogen (secondary N) is 2. The summed E-state index contributed by atoms with van der Waals surface area (Å²) in [6.07, 6.45) is 1.77. The smallest absolute Gasteiger partial charge is 0.176 e. The molecule has 7 heteroatoms. The molecule has 2 N–H and O–H groups in total. The number of rotatable bonds is 5. The summed E-state index contributed by atoms with van der Waals surface area (Å²) in [4.78, 5) is 0. The predicted octanol–water partition coefficient (Wildman–Crippen LogP) is 4.40. The predicted molar refractivity (Wildman–Crippen MR) is 106 cm³/mol. The van der Waals surface area contributed by atoms with Crippen LogP contribution in [0.1, 0.15) is 5.56 Å². The number of thiocarbonyl (C=S) groups is 1. The molecular weight excluding hydrogens is 356 g/mol. The summed E-state index contributed by atoms with van der Waals surface area (Å²) >= 11 is 11.6. The van der Waals surface area contributed by atoms with E-state index in [2.05, 4.69) is 15.7 Å². The number of benzene rings is 2. The van der Waals surface area contributed by atoms with Gasteiger partial charge in [-0.2, -0.15) is 5.10 Å². The minimum absolute atomic E-state index is 0.386. The summed E-state index contributed by atoms with van der Waals surface area (Å²) in [6, 6.07) is 17.6. The highest BCUT2D eigenvalue weighted by atomic mass is 35.5. The van der Waals surface area contributed by atoms with Crippen molar-refractivity contribution in [2.24, 2.45) is 0 Å². The molecule has 3 aromatic rings. The number of halogens is 1. The molecule has 0 saturated heterocycles. The van der Waals surface area contributed by atoms with Crippen molar-refractivity contribution < 1.29 is 4.74 Å². The van der Waals surface area contributed by atoms with E-state index in [-0.39, 0.29) is 0 Å². The van der Waals surface area contributed by atoms with E-state index in [1.807, 2.05) is 54.6 Å². The van der Waals surface area contributed by atoms with Gasteiger partial charge in [-0.15, -0.1) is 0 Å². The number of para-hydroxylation sites is 2. The third-order valence-electron chi connectivity index (χ3n) is 3.49. The maximum Gasteiger partial charge on any atom is 0.176 e. The first-order chi connectivity index (χ1) is 12.2. The Morgan fingerprint density at radius 3 is 2.60 bits per heavy atom. The number of anilines is 2. The molecule has 25 heavy (non-hydrogen) atoms. The van der Waals surface area contributed by atoms with Crippen LogP contribution >= 0.6 is 23.8 Å². The van der Waals surface area contributed by atoms with Crippen LogP contribution in [0.25, 0.3) is 0 Å². The van der Waals surface area contributed by atoms with Crippen LogP contribution in [0.2, 0.25) is 5.02 Å². The molecule has 1 heterocycles. The van der Waals surface area contributed by atoms with Gasteiger partial charge in [0.2, 0.25) is 0 Å². The number of hydrogen-bond acceptors (Lipinski definition) is 3. The Kier molecular flexibility index (Phi) is 5.53. The van der Waals surface area contributed by atoms with Crippen molar-refractivity contribution in [1.29, 1.82) is 0 Å². The highest BCUT2D eigenvalue weighted by Gasteiger charge is 2.10. The summed E-state index contributed by atoms with van der Waals surface area (Å²) in [5.74, 6) is 1.21. The third-order valence-corrected chi connectivity index (χ3v) is 3.97. The van der Waals surface area contributed by atoms with Crippen LogP contribution < -0.4 is 15.4 Å². The topological polar surface area (TPSA) is 51.1 Å². The lowest BCUT2D eigenvalue weighted by Crippen LogP contribution is -2.20. The van der Waals surface area contributed by atoms with Gasteiger partial charge < -0.3 is 15.4 Å². The first-order valence-corrected chi connectivity index (χ1v) is 8.42. The van der Waals surface area contributed by atoms with E-state index in [1.165, 1.54) is 0 Å². The Morgan fingerprint density at radius 2 is 1.84 bits per heavy atom. The number of aromatic nitrogens is 2. The fourth-order valence-corrected chi connectivity index (χ4v) is 2.75. The molecule has 0 aliphatic carbocycles. The molecule has 2 aromatic carbocycles. The van der Waals surface area contributed by atoms with Gasteiger partial charge in [-0.3, -0.25) is 4.68 Å². The van der Waals surface area contributed by atoms with Gasteiger partial charge in [0, 0.05) is 6.20 Å². The Bertz CT molecular complexity index is 867. The van der Waals surface area contributed by atoms with Gasteiger partial charge in [0.1, 0.15) is 10.8 Å². The van der Waals surface area contributed by atoms with Crippen molar-refractivity contribution in [2.75, 3.05) is 17.7 Å². The lowest BCUT2D eigenvalue weighted by molar-refractivity contribution is 0.417. The first kappa shape index (κ1) is 17.3. The monoisotopic (exact) mass is 372 g/mol. The molecule has 0 atom stereocenters. The molecule has 0 aliphatic heterocycles. The third kappa shape index (κ3) is 4.49. The second-order valence-corrected chi connectivity index (χ2v) is 6.10. The molecule has 1 aromatic heterocycles.